The lowest BCUT2D eigenvalue weighted by Crippen LogP contribution is -2.26. The number of benzene rings is 3. The summed E-state index contributed by atoms with van der Waals surface area (Å²) in [6, 6.07) is 23.0. The maximum absolute atomic E-state index is 12.8. The van der Waals surface area contributed by atoms with Crippen molar-refractivity contribution in [3.63, 3.8) is 0 Å². The van der Waals surface area contributed by atoms with E-state index < -0.39 is 10.0 Å². The first-order valence-corrected chi connectivity index (χ1v) is 9.81. The summed E-state index contributed by atoms with van der Waals surface area (Å²) in [6.45, 7) is 0. The van der Waals surface area contributed by atoms with Gasteiger partial charge in [0.05, 0.1) is 22.2 Å². The molecule has 0 aliphatic carbocycles. The molecule has 7 heteroatoms. The molecule has 0 saturated heterocycles. The van der Waals surface area contributed by atoms with E-state index in [2.05, 4.69) is 5.32 Å². The molecule has 0 spiro atoms. The van der Waals surface area contributed by atoms with Crippen molar-refractivity contribution in [3.05, 3.63) is 90.0 Å². The first kappa shape index (κ1) is 19.1. The van der Waals surface area contributed by atoms with Crippen LogP contribution in [0.5, 0.6) is 0 Å². The Kier molecular flexibility index (Phi) is 5.43. The topological polar surface area (TPSA) is 90.3 Å². The molecule has 0 bridgehead atoms. The van der Waals surface area contributed by atoms with Crippen LogP contribution in [-0.2, 0) is 10.0 Å². The van der Waals surface area contributed by atoms with Crippen LogP contribution in [0.4, 0.5) is 11.4 Å². The van der Waals surface area contributed by atoms with Gasteiger partial charge in [0.25, 0.3) is 15.9 Å². The Morgan fingerprint density at radius 1 is 0.929 bits per heavy atom. The van der Waals surface area contributed by atoms with Crippen LogP contribution in [0.25, 0.3) is 0 Å². The van der Waals surface area contributed by atoms with Gasteiger partial charge in [-0.2, -0.15) is 5.26 Å². The molecule has 1 amide bonds. The number of nitrogens with zero attached hydrogens (tertiary/aromatic N) is 2. The number of hydrogen-bond donors (Lipinski definition) is 1. The summed E-state index contributed by atoms with van der Waals surface area (Å²) in [5.41, 5.74) is 1.91. The predicted molar refractivity (Wildman–Crippen MR) is 108 cm³/mol. The van der Waals surface area contributed by atoms with Crippen molar-refractivity contribution >= 4 is 27.3 Å². The Labute approximate surface area is 163 Å². The Balaban J connectivity index is 1.76. The van der Waals surface area contributed by atoms with Gasteiger partial charge in [-0.3, -0.25) is 9.10 Å². The van der Waals surface area contributed by atoms with Gasteiger partial charge >= 0.3 is 0 Å². The van der Waals surface area contributed by atoms with Crippen LogP contribution in [0, 0.1) is 11.3 Å². The van der Waals surface area contributed by atoms with Crippen molar-refractivity contribution in [1.29, 1.82) is 5.26 Å². The Morgan fingerprint density at radius 3 is 2.11 bits per heavy atom. The van der Waals surface area contributed by atoms with Gasteiger partial charge in [-0.25, -0.2) is 8.42 Å². The summed E-state index contributed by atoms with van der Waals surface area (Å²) in [4.78, 5) is 12.4. The first-order valence-electron chi connectivity index (χ1n) is 8.37. The van der Waals surface area contributed by atoms with E-state index in [-0.39, 0.29) is 10.8 Å². The number of amides is 1. The molecule has 0 aliphatic heterocycles. The molecule has 1 N–H and O–H groups in total. The zero-order chi connectivity index (χ0) is 20.1. The van der Waals surface area contributed by atoms with Crippen molar-refractivity contribution in [2.24, 2.45) is 0 Å². The van der Waals surface area contributed by atoms with Gasteiger partial charge in [0, 0.05) is 18.3 Å². The third-order valence-corrected chi connectivity index (χ3v) is 5.97. The van der Waals surface area contributed by atoms with E-state index in [1.54, 1.807) is 48.5 Å². The first-order chi connectivity index (χ1) is 13.4. The standard InChI is InChI=1S/C21H17N3O3S/c1-24(19-5-3-2-4-6-19)28(26,27)20-13-9-17(10-14-20)21(25)23-18-11-7-16(15-22)8-12-18/h2-14H,1H3,(H,23,25). The Hall–Kier alpha value is -3.63. The summed E-state index contributed by atoms with van der Waals surface area (Å²) < 4.78 is 26.7. The van der Waals surface area contributed by atoms with Crippen LogP contribution < -0.4 is 9.62 Å². The normalized spacial score (nSPS) is 10.7. The summed E-state index contributed by atoms with van der Waals surface area (Å²) in [7, 11) is -2.25. The van der Waals surface area contributed by atoms with Crippen molar-refractivity contribution < 1.29 is 13.2 Å². The van der Waals surface area contributed by atoms with Crippen LogP contribution in [0.1, 0.15) is 15.9 Å². The molecule has 3 aromatic carbocycles. The van der Waals surface area contributed by atoms with Crippen molar-refractivity contribution in [2.75, 3.05) is 16.7 Å². The average Bonchev–Trinajstić information content (AvgIpc) is 2.74. The molecular weight excluding hydrogens is 374 g/mol. The molecule has 0 fully saturated rings. The van der Waals surface area contributed by atoms with E-state index in [1.807, 2.05) is 12.1 Å². The van der Waals surface area contributed by atoms with E-state index in [0.717, 1.165) is 0 Å². The maximum Gasteiger partial charge on any atom is 0.264 e. The van der Waals surface area contributed by atoms with Gasteiger partial charge in [-0.1, -0.05) is 18.2 Å². The Morgan fingerprint density at radius 2 is 1.54 bits per heavy atom. The van der Waals surface area contributed by atoms with E-state index in [0.29, 0.717) is 22.5 Å². The lowest BCUT2D eigenvalue weighted by atomic mass is 10.2. The number of rotatable bonds is 5. The fraction of sp³-hybridized carbons (Fsp3) is 0.0476. The molecular formula is C21H17N3O3S. The predicted octanol–water partition coefficient (Wildman–Crippen LogP) is 3.64. The number of sulfonamides is 1. The highest BCUT2D eigenvalue weighted by molar-refractivity contribution is 7.92. The second-order valence-corrected chi connectivity index (χ2v) is 7.94. The molecule has 0 unspecified atom stereocenters. The highest BCUT2D eigenvalue weighted by atomic mass is 32.2. The quantitative estimate of drug-likeness (QED) is 0.719. The fourth-order valence-corrected chi connectivity index (χ4v) is 3.74. The van der Waals surface area contributed by atoms with Crippen LogP contribution in [0.2, 0.25) is 0 Å². The molecule has 0 aliphatic rings. The van der Waals surface area contributed by atoms with Crippen LogP contribution in [0.15, 0.2) is 83.8 Å². The lowest BCUT2D eigenvalue weighted by Gasteiger charge is -2.19. The highest BCUT2D eigenvalue weighted by Gasteiger charge is 2.21. The summed E-state index contributed by atoms with van der Waals surface area (Å²) >= 11 is 0. The minimum absolute atomic E-state index is 0.0915. The largest absolute Gasteiger partial charge is 0.322 e. The highest BCUT2D eigenvalue weighted by Crippen LogP contribution is 2.22. The summed E-state index contributed by atoms with van der Waals surface area (Å²) in [5.74, 6) is -0.370. The summed E-state index contributed by atoms with van der Waals surface area (Å²) in [6.07, 6.45) is 0. The number of nitriles is 1. The van der Waals surface area contributed by atoms with E-state index in [9.17, 15) is 13.2 Å². The van der Waals surface area contributed by atoms with Crippen molar-refractivity contribution in [1.82, 2.24) is 0 Å². The molecule has 140 valence electrons. The van der Waals surface area contributed by atoms with Crippen LogP contribution in [0.3, 0.4) is 0 Å². The zero-order valence-electron chi connectivity index (χ0n) is 15.0. The molecule has 0 aromatic heterocycles. The molecule has 0 heterocycles. The van der Waals surface area contributed by atoms with Gasteiger partial charge in [-0.15, -0.1) is 0 Å². The second-order valence-electron chi connectivity index (χ2n) is 5.98. The molecule has 6 nitrogen and oxygen atoms in total. The maximum atomic E-state index is 12.8. The number of carbonyl (C=O) groups excluding carboxylic acids is 1. The third-order valence-electron chi connectivity index (χ3n) is 4.17. The smallest absolute Gasteiger partial charge is 0.264 e. The zero-order valence-corrected chi connectivity index (χ0v) is 15.8. The number of anilines is 2. The molecule has 28 heavy (non-hydrogen) atoms. The van der Waals surface area contributed by atoms with Gasteiger partial charge in [0.2, 0.25) is 0 Å². The van der Waals surface area contributed by atoms with Crippen LogP contribution in [-0.4, -0.2) is 21.4 Å². The SMILES string of the molecule is CN(c1ccccc1)S(=O)(=O)c1ccc(C(=O)Nc2ccc(C#N)cc2)cc1. The van der Waals surface area contributed by atoms with Gasteiger partial charge in [-0.05, 0) is 60.7 Å². The minimum Gasteiger partial charge on any atom is -0.322 e. The fourth-order valence-electron chi connectivity index (χ4n) is 2.54. The number of para-hydroxylation sites is 1. The second kappa shape index (κ2) is 7.94. The molecule has 3 aromatic rings. The van der Waals surface area contributed by atoms with Gasteiger partial charge < -0.3 is 5.32 Å². The third kappa shape index (κ3) is 4.03. The van der Waals surface area contributed by atoms with E-state index >= 15 is 0 Å². The van der Waals surface area contributed by atoms with Gasteiger partial charge in [0.1, 0.15) is 0 Å². The average molecular weight is 391 g/mol. The van der Waals surface area contributed by atoms with E-state index in [4.69, 9.17) is 5.26 Å². The minimum atomic E-state index is -3.73. The summed E-state index contributed by atoms with van der Waals surface area (Å²) in [5, 5.41) is 11.5. The van der Waals surface area contributed by atoms with E-state index in [1.165, 1.54) is 35.6 Å². The van der Waals surface area contributed by atoms with Crippen molar-refractivity contribution in [2.45, 2.75) is 4.90 Å². The molecule has 3 rings (SSSR count). The number of carbonyl (C=O) groups is 1. The molecule has 0 atom stereocenters. The monoisotopic (exact) mass is 391 g/mol. The Bertz CT molecular complexity index is 1120. The number of nitrogens with one attached hydrogen (secondary N) is 1. The number of hydrogen-bond acceptors (Lipinski definition) is 4. The van der Waals surface area contributed by atoms with Crippen LogP contribution >= 0.6 is 0 Å². The molecule has 0 radical (unpaired) electrons. The van der Waals surface area contributed by atoms with Crippen molar-refractivity contribution in [3.8, 4) is 6.07 Å². The molecule has 0 saturated carbocycles. The lowest BCUT2D eigenvalue weighted by molar-refractivity contribution is 0.102. The van der Waals surface area contributed by atoms with Gasteiger partial charge in [0.15, 0.2) is 0 Å².